The second-order valence-corrected chi connectivity index (χ2v) is 19.1. The van der Waals surface area contributed by atoms with E-state index in [2.05, 4.69) is 181 Å². The third kappa shape index (κ3) is 8.05. The highest BCUT2D eigenvalue weighted by atomic mass is 79.9. The highest BCUT2D eigenvalue weighted by Gasteiger charge is 2.18. The van der Waals surface area contributed by atoms with Gasteiger partial charge in [0, 0.05) is 44.8 Å². The molecule has 2 aromatic heterocycles. The van der Waals surface area contributed by atoms with E-state index in [1.807, 2.05) is 72.1 Å². The van der Waals surface area contributed by atoms with Crippen molar-refractivity contribution >= 4 is 113 Å². The SMILES string of the molecule is Brc1cc2sc3ccccc3c2c2ccccc12.Cc1ccc(-c2cc3sc4ccccc4c3c3ccccc23)c(-c2ccccc2)c1.Cc1ccc(B(O)O)c(-c2ccccc2)c1. The number of thiophene rings is 2. The minimum Gasteiger partial charge on any atom is -0.423 e. The molecule has 2 N–H and O–H groups in total. The highest BCUT2D eigenvalue weighted by molar-refractivity contribution is 9.10. The van der Waals surface area contributed by atoms with Crippen molar-refractivity contribution < 1.29 is 10.0 Å². The van der Waals surface area contributed by atoms with Crippen LogP contribution in [0.1, 0.15) is 11.1 Å². The number of aryl methyl sites for hydroxylation is 2. The number of rotatable bonds is 4. The Morgan fingerprint density at radius 3 is 1.38 bits per heavy atom. The van der Waals surface area contributed by atoms with E-state index in [1.165, 1.54) is 94.2 Å². The maximum Gasteiger partial charge on any atom is 0.489 e. The summed E-state index contributed by atoms with van der Waals surface area (Å²) in [6.45, 7) is 4.16. The van der Waals surface area contributed by atoms with Gasteiger partial charge in [-0.3, -0.25) is 0 Å². The Bertz CT molecular complexity index is 3630. The third-order valence-electron chi connectivity index (χ3n) is 11.8. The van der Waals surface area contributed by atoms with Gasteiger partial charge in [-0.05, 0) is 98.5 Å². The molecule has 0 aliphatic heterocycles. The van der Waals surface area contributed by atoms with Crippen LogP contribution in [0.3, 0.4) is 0 Å². The Morgan fingerprint density at radius 2 is 0.797 bits per heavy atom. The molecule has 308 valence electrons. The van der Waals surface area contributed by atoms with Gasteiger partial charge in [-0.15, -0.1) is 22.7 Å². The van der Waals surface area contributed by atoms with E-state index in [1.54, 1.807) is 6.07 Å². The Labute approximate surface area is 389 Å². The van der Waals surface area contributed by atoms with E-state index in [4.69, 9.17) is 0 Å². The molecule has 10 aromatic carbocycles. The van der Waals surface area contributed by atoms with Crippen molar-refractivity contribution in [2.75, 3.05) is 0 Å². The predicted molar refractivity (Wildman–Crippen MR) is 283 cm³/mol. The number of hydrogen-bond acceptors (Lipinski definition) is 4. The van der Waals surface area contributed by atoms with Crippen LogP contribution in [0.25, 0.3) is 95.3 Å². The summed E-state index contributed by atoms with van der Waals surface area (Å²) in [5, 5.41) is 29.4. The van der Waals surface area contributed by atoms with E-state index in [9.17, 15) is 10.0 Å². The lowest BCUT2D eigenvalue weighted by Crippen LogP contribution is -2.31. The first-order chi connectivity index (χ1) is 31.3. The number of benzene rings is 10. The fourth-order valence-electron chi connectivity index (χ4n) is 8.87. The highest BCUT2D eigenvalue weighted by Crippen LogP contribution is 2.45. The molecule has 12 rings (SSSR count). The second kappa shape index (κ2) is 18.0. The Kier molecular flexibility index (Phi) is 11.7. The molecule has 0 aliphatic rings. The summed E-state index contributed by atoms with van der Waals surface area (Å²) in [5.41, 5.74) is 9.94. The minimum atomic E-state index is -1.43. The number of hydrogen-bond donors (Lipinski definition) is 2. The summed E-state index contributed by atoms with van der Waals surface area (Å²) < 4.78 is 6.58. The van der Waals surface area contributed by atoms with Crippen LogP contribution in [0.5, 0.6) is 0 Å². The Morgan fingerprint density at radius 1 is 0.359 bits per heavy atom. The first kappa shape index (κ1) is 41.6. The molecule has 0 radical (unpaired) electrons. The topological polar surface area (TPSA) is 40.5 Å². The zero-order chi connectivity index (χ0) is 43.7. The van der Waals surface area contributed by atoms with Crippen LogP contribution < -0.4 is 5.46 Å². The van der Waals surface area contributed by atoms with Crippen LogP contribution in [0, 0.1) is 13.8 Å². The fourth-order valence-corrected chi connectivity index (χ4v) is 11.9. The van der Waals surface area contributed by atoms with Crippen molar-refractivity contribution in [3.05, 3.63) is 222 Å². The standard InChI is InChI=1S/C29H20S.C16H9BrS.C13H13BO2/c1-19-15-16-22(25(17-19)20-9-3-2-4-10-20)26-18-28-29(23-12-6-5-11-21(23)26)24-13-7-8-14-27(24)30-28;17-13-9-15-16(11-6-2-1-5-10(11)13)12-7-3-4-8-14(12)18-15;1-10-7-8-13(14(15)16)12(9-10)11-5-3-2-4-6-11/h2-18H,1H3;1-9H;2-9,15-16H,1H3. The molecule has 0 amide bonds. The van der Waals surface area contributed by atoms with Gasteiger partial charge in [0.15, 0.2) is 0 Å². The van der Waals surface area contributed by atoms with Crippen molar-refractivity contribution in [3.8, 4) is 33.4 Å². The van der Waals surface area contributed by atoms with Gasteiger partial charge >= 0.3 is 7.12 Å². The molecular formula is C58H42BBrO2S2. The molecule has 0 saturated heterocycles. The molecule has 0 atom stereocenters. The van der Waals surface area contributed by atoms with Gasteiger partial charge in [0.2, 0.25) is 0 Å². The molecule has 0 saturated carbocycles. The first-order valence-corrected chi connectivity index (χ1v) is 23.7. The second-order valence-electron chi connectivity index (χ2n) is 16.1. The lowest BCUT2D eigenvalue weighted by atomic mass is 9.75. The number of halogens is 1. The van der Waals surface area contributed by atoms with Crippen LogP contribution in [0.2, 0.25) is 0 Å². The zero-order valence-electron chi connectivity index (χ0n) is 35.3. The van der Waals surface area contributed by atoms with E-state index >= 15 is 0 Å². The van der Waals surface area contributed by atoms with Gasteiger partial charge < -0.3 is 10.0 Å². The molecule has 2 nitrogen and oxygen atoms in total. The van der Waals surface area contributed by atoms with Gasteiger partial charge in [0.1, 0.15) is 0 Å². The quantitative estimate of drug-likeness (QED) is 0.173. The fraction of sp³-hybridized carbons (Fsp3) is 0.0345. The van der Waals surface area contributed by atoms with Crippen LogP contribution in [-0.2, 0) is 0 Å². The molecular weight excluding hydrogens is 883 g/mol. The van der Waals surface area contributed by atoms with E-state index < -0.39 is 7.12 Å². The van der Waals surface area contributed by atoms with Crippen molar-refractivity contribution in [1.82, 2.24) is 0 Å². The lowest BCUT2D eigenvalue weighted by Gasteiger charge is -2.15. The van der Waals surface area contributed by atoms with Gasteiger partial charge in [0.05, 0.1) is 0 Å². The van der Waals surface area contributed by atoms with Crippen molar-refractivity contribution in [2.45, 2.75) is 13.8 Å². The van der Waals surface area contributed by atoms with E-state index in [0.717, 1.165) is 16.7 Å². The first-order valence-electron chi connectivity index (χ1n) is 21.3. The summed E-state index contributed by atoms with van der Waals surface area (Å²) in [6, 6.07) is 72.4. The Hall–Kier alpha value is -6.38. The average Bonchev–Trinajstić information content (AvgIpc) is 3.91. The average molecular weight is 926 g/mol. The third-order valence-corrected chi connectivity index (χ3v) is 14.7. The van der Waals surface area contributed by atoms with Crippen molar-refractivity contribution in [3.63, 3.8) is 0 Å². The predicted octanol–water partition coefficient (Wildman–Crippen LogP) is 16.2. The van der Waals surface area contributed by atoms with Crippen molar-refractivity contribution in [2.24, 2.45) is 0 Å². The molecule has 2 heterocycles. The largest absolute Gasteiger partial charge is 0.489 e. The molecule has 64 heavy (non-hydrogen) atoms. The molecule has 6 heteroatoms. The van der Waals surface area contributed by atoms with Crippen molar-refractivity contribution in [1.29, 1.82) is 0 Å². The van der Waals surface area contributed by atoms with Gasteiger partial charge in [0.25, 0.3) is 0 Å². The maximum absolute atomic E-state index is 9.31. The summed E-state index contributed by atoms with van der Waals surface area (Å²) in [6.07, 6.45) is 0. The van der Waals surface area contributed by atoms with E-state index in [0.29, 0.717) is 5.46 Å². The normalized spacial score (nSPS) is 11.2. The van der Waals surface area contributed by atoms with Gasteiger partial charge in [-0.2, -0.15) is 0 Å². The molecule has 0 aliphatic carbocycles. The summed E-state index contributed by atoms with van der Waals surface area (Å²) in [7, 11) is -1.43. The monoisotopic (exact) mass is 924 g/mol. The molecule has 0 unspecified atom stereocenters. The van der Waals surface area contributed by atoms with Gasteiger partial charge in [-0.1, -0.05) is 209 Å². The molecule has 0 spiro atoms. The maximum atomic E-state index is 9.31. The summed E-state index contributed by atoms with van der Waals surface area (Å²) in [5.74, 6) is 0. The molecule has 12 aromatic rings. The summed E-state index contributed by atoms with van der Waals surface area (Å²) in [4.78, 5) is 0. The molecule has 0 bridgehead atoms. The smallest absolute Gasteiger partial charge is 0.423 e. The van der Waals surface area contributed by atoms with Gasteiger partial charge in [-0.25, -0.2) is 0 Å². The van der Waals surface area contributed by atoms with Crippen LogP contribution in [0.15, 0.2) is 211 Å². The van der Waals surface area contributed by atoms with Crippen LogP contribution >= 0.6 is 38.6 Å². The van der Waals surface area contributed by atoms with Crippen LogP contribution in [0.4, 0.5) is 0 Å². The van der Waals surface area contributed by atoms with E-state index in [-0.39, 0.29) is 0 Å². The molecule has 0 fully saturated rings. The zero-order valence-corrected chi connectivity index (χ0v) is 38.5. The lowest BCUT2D eigenvalue weighted by molar-refractivity contribution is 0.426. The van der Waals surface area contributed by atoms with Crippen LogP contribution in [-0.4, -0.2) is 17.2 Å². The minimum absolute atomic E-state index is 0.539. The number of fused-ring (bicyclic) bond motifs is 10. The Balaban J connectivity index is 0.000000122. The summed E-state index contributed by atoms with van der Waals surface area (Å²) >= 11 is 7.43.